The molecule has 2 atom stereocenters. The first-order valence-electron chi connectivity index (χ1n) is 10.1. The number of anilines is 1. The summed E-state index contributed by atoms with van der Waals surface area (Å²) in [6.45, 7) is -0.335. The number of benzene rings is 1. The summed E-state index contributed by atoms with van der Waals surface area (Å²) in [6, 6.07) is 8.67. The second-order valence-corrected chi connectivity index (χ2v) is 8.82. The Bertz CT molecular complexity index is 1300. The average Bonchev–Trinajstić information content (AvgIpc) is 3.07. The maximum atomic E-state index is 14.7. The third-order valence-electron chi connectivity index (χ3n) is 7.09. The lowest BCUT2D eigenvalue weighted by Gasteiger charge is -2.31. The van der Waals surface area contributed by atoms with Crippen molar-refractivity contribution in [3.05, 3.63) is 47.8 Å². The number of halogens is 4. The van der Waals surface area contributed by atoms with Crippen LogP contribution in [0.1, 0.15) is 23.8 Å². The van der Waals surface area contributed by atoms with Crippen LogP contribution in [-0.2, 0) is 11.1 Å². The molecule has 2 aliphatic heterocycles. The van der Waals surface area contributed by atoms with E-state index < -0.39 is 22.7 Å². The molecular formula is C21H16F4N6O. The number of alkyl halides is 4. The molecule has 1 aliphatic carbocycles. The zero-order valence-corrected chi connectivity index (χ0v) is 16.6. The van der Waals surface area contributed by atoms with Gasteiger partial charge in [-0.3, -0.25) is 4.98 Å². The van der Waals surface area contributed by atoms with Gasteiger partial charge in [-0.25, -0.2) is 4.39 Å². The van der Waals surface area contributed by atoms with E-state index in [1.165, 1.54) is 6.20 Å². The van der Waals surface area contributed by atoms with Gasteiger partial charge in [0.05, 0.1) is 16.5 Å². The molecule has 1 aromatic carbocycles. The van der Waals surface area contributed by atoms with Crippen molar-refractivity contribution in [2.75, 3.05) is 31.1 Å². The van der Waals surface area contributed by atoms with Crippen LogP contribution < -0.4 is 10.2 Å². The van der Waals surface area contributed by atoms with Gasteiger partial charge in [0.1, 0.15) is 11.5 Å². The molecule has 0 unspecified atom stereocenters. The lowest BCUT2D eigenvalue weighted by atomic mass is 9.95. The number of pyridine rings is 1. The molecule has 0 radical (unpaired) electrons. The number of aromatic nitrogens is 3. The molecule has 3 aromatic rings. The summed E-state index contributed by atoms with van der Waals surface area (Å²) < 4.78 is 63.1. The number of piperidine rings is 1. The molecule has 0 amide bonds. The lowest BCUT2D eigenvalue weighted by molar-refractivity contribution is -0.187. The van der Waals surface area contributed by atoms with Crippen molar-refractivity contribution in [2.45, 2.75) is 23.7 Å². The zero-order valence-electron chi connectivity index (χ0n) is 16.6. The van der Waals surface area contributed by atoms with Crippen LogP contribution in [0, 0.1) is 16.7 Å². The van der Waals surface area contributed by atoms with Crippen molar-refractivity contribution >= 4 is 16.6 Å². The van der Waals surface area contributed by atoms with Gasteiger partial charge in [0.25, 0.3) is 5.89 Å². The Morgan fingerprint density at radius 3 is 2.59 bits per heavy atom. The second-order valence-electron chi connectivity index (χ2n) is 8.82. The molecule has 0 bridgehead atoms. The summed E-state index contributed by atoms with van der Waals surface area (Å²) in [6.07, 6.45) is -3.16. The van der Waals surface area contributed by atoms with E-state index in [2.05, 4.69) is 26.6 Å². The van der Waals surface area contributed by atoms with Crippen LogP contribution in [0.3, 0.4) is 0 Å². The number of hydrogen-bond acceptors (Lipinski definition) is 7. The SMILES string of the molecule is N#Cc1ccc(N2C[C@]3(c4nnc(C5(F)CNC5)o4)C[C@]3(C(F)(F)F)C2)c2cccnc12. The molecule has 1 saturated carbocycles. The highest BCUT2D eigenvalue weighted by atomic mass is 19.4. The van der Waals surface area contributed by atoms with Crippen molar-refractivity contribution in [1.82, 2.24) is 20.5 Å². The van der Waals surface area contributed by atoms with Gasteiger partial charge in [-0.05, 0) is 30.7 Å². The largest absolute Gasteiger partial charge is 0.421 e. The van der Waals surface area contributed by atoms with Crippen molar-refractivity contribution in [1.29, 1.82) is 5.26 Å². The van der Waals surface area contributed by atoms with Gasteiger partial charge in [0, 0.05) is 43.4 Å². The van der Waals surface area contributed by atoms with Crippen molar-refractivity contribution in [3.63, 3.8) is 0 Å². The van der Waals surface area contributed by atoms with Crippen LogP contribution >= 0.6 is 0 Å². The predicted octanol–water partition coefficient (Wildman–Crippen LogP) is 2.97. The lowest BCUT2D eigenvalue weighted by Crippen LogP contribution is -2.53. The molecular weight excluding hydrogens is 428 g/mol. The third kappa shape index (κ3) is 2.30. The fourth-order valence-electron chi connectivity index (χ4n) is 5.19. The molecule has 3 fully saturated rings. The van der Waals surface area contributed by atoms with Gasteiger partial charge in [-0.1, -0.05) is 0 Å². The van der Waals surface area contributed by atoms with Gasteiger partial charge in [0.15, 0.2) is 0 Å². The number of hydrogen-bond donors (Lipinski definition) is 1. The molecule has 2 saturated heterocycles. The Labute approximate surface area is 179 Å². The summed E-state index contributed by atoms with van der Waals surface area (Å²) in [5.74, 6) is -0.456. The molecule has 3 aliphatic rings. The van der Waals surface area contributed by atoms with E-state index in [9.17, 15) is 22.8 Å². The first kappa shape index (κ1) is 19.4. The third-order valence-corrected chi connectivity index (χ3v) is 7.09. The van der Waals surface area contributed by atoms with Gasteiger partial charge in [0.2, 0.25) is 11.6 Å². The smallest absolute Gasteiger partial charge is 0.397 e. The molecule has 164 valence electrons. The van der Waals surface area contributed by atoms with E-state index in [0.717, 1.165) is 0 Å². The molecule has 2 aromatic heterocycles. The molecule has 0 spiro atoms. The van der Waals surface area contributed by atoms with Crippen molar-refractivity contribution in [3.8, 4) is 6.07 Å². The minimum atomic E-state index is -4.51. The van der Waals surface area contributed by atoms with Crippen molar-refractivity contribution in [2.24, 2.45) is 5.41 Å². The van der Waals surface area contributed by atoms with Gasteiger partial charge in [-0.15, -0.1) is 10.2 Å². The summed E-state index contributed by atoms with van der Waals surface area (Å²) in [7, 11) is 0. The number of rotatable bonds is 3. The number of fused-ring (bicyclic) bond motifs is 2. The van der Waals surface area contributed by atoms with Gasteiger partial charge >= 0.3 is 6.18 Å². The maximum absolute atomic E-state index is 14.7. The Kier molecular flexibility index (Phi) is 3.61. The fourth-order valence-corrected chi connectivity index (χ4v) is 5.19. The molecule has 6 rings (SSSR count). The van der Waals surface area contributed by atoms with E-state index in [1.54, 1.807) is 29.2 Å². The quantitative estimate of drug-likeness (QED) is 0.621. The van der Waals surface area contributed by atoms with Crippen LogP contribution in [0.2, 0.25) is 0 Å². The highest BCUT2D eigenvalue weighted by Gasteiger charge is 2.86. The zero-order chi connectivity index (χ0) is 22.4. The average molecular weight is 444 g/mol. The molecule has 11 heteroatoms. The predicted molar refractivity (Wildman–Crippen MR) is 103 cm³/mol. The number of nitriles is 1. The summed E-state index contributed by atoms with van der Waals surface area (Å²) in [4.78, 5) is 5.87. The molecule has 4 heterocycles. The Hall–Kier alpha value is -3.26. The number of nitrogens with one attached hydrogen (secondary N) is 1. The first-order chi connectivity index (χ1) is 15.2. The van der Waals surface area contributed by atoms with Crippen LogP contribution in [0.15, 0.2) is 34.9 Å². The molecule has 32 heavy (non-hydrogen) atoms. The highest BCUT2D eigenvalue weighted by molar-refractivity contribution is 5.95. The van der Waals surface area contributed by atoms with E-state index in [1.807, 2.05) is 0 Å². The van der Waals surface area contributed by atoms with Crippen LogP contribution in [0.25, 0.3) is 10.9 Å². The highest BCUT2D eigenvalue weighted by Crippen LogP contribution is 2.75. The van der Waals surface area contributed by atoms with Crippen LogP contribution in [-0.4, -0.2) is 47.5 Å². The fraction of sp³-hybridized carbons (Fsp3) is 0.429. The Morgan fingerprint density at radius 1 is 1.12 bits per heavy atom. The monoisotopic (exact) mass is 444 g/mol. The molecule has 7 nitrogen and oxygen atoms in total. The van der Waals surface area contributed by atoms with E-state index in [4.69, 9.17) is 4.42 Å². The van der Waals surface area contributed by atoms with E-state index in [0.29, 0.717) is 22.2 Å². The normalized spacial score (nSPS) is 28.3. The Balaban J connectivity index is 1.43. The standard InChI is InChI=1S/C21H16F4N6O/c22-19(8-27-9-19)17-30-29-16(32-17)18-7-20(18,21(23,24)25)11-31(10-18)14-4-3-12(6-26)15-13(14)2-1-5-28-15/h1-5,27H,7-11H2/t18-,20-/m0/s1. The topological polar surface area (TPSA) is 90.9 Å². The van der Waals surface area contributed by atoms with E-state index in [-0.39, 0.29) is 44.4 Å². The second kappa shape index (κ2) is 5.95. The Morgan fingerprint density at radius 2 is 1.91 bits per heavy atom. The minimum Gasteiger partial charge on any atom is -0.421 e. The molecule has 1 N–H and O–H groups in total. The van der Waals surface area contributed by atoms with Crippen molar-refractivity contribution < 1.29 is 22.0 Å². The maximum Gasteiger partial charge on any atom is 0.397 e. The summed E-state index contributed by atoms with van der Waals surface area (Å²) in [5, 5.41) is 20.3. The van der Waals surface area contributed by atoms with Gasteiger partial charge < -0.3 is 14.6 Å². The summed E-state index contributed by atoms with van der Waals surface area (Å²) in [5.41, 5.74) is -4.02. The summed E-state index contributed by atoms with van der Waals surface area (Å²) >= 11 is 0. The van der Waals surface area contributed by atoms with Crippen LogP contribution in [0.5, 0.6) is 0 Å². The van der Waals surface area contributed by atoms with Crippen LogP contribution in [0.4, 0.5) is 23.2 Å². The van der Waals surface area contributed by atoms with Gasteiger partial charge in [-0.2, -0.15) is 18.4 Å². The minimum absolute atomic E-state index is 0.0115. The van der Waals surface area contributed by atoms with E-state index >= 15 is 0 Å². The number of nitrogens with zero attached hydrogens (tertiary/aromatic N) is 5. The first-order valence-corrected chi connectivity index (χ1v) is 10.1.